The molecule has 7 rings (SSSR count). The molecule has 1 heteroatoms. The normalized spacial score (nSPS) is 14.5. The van der Waals surface area contributed by atoms with Crippen LogP contribution in [0.4, 0.5) is 0 Å². The lowest BCUT2D eigenvalue weighted by atomic mass is 9.66. The van der Waals surface area contributed by atoms with Crippen molar-refractivity contribution >= 4 is 10.8 Å². The molecule has 0 fully saturated rings. The molecule has 0 saturated carbocycles. The van der Waals surface area contributed by atoms with Gasteiger partial charge < -0.3 is 4.74 Å². The molecule has 0 amide bonds. The van der Waals surface area contributed by atoms with E-state index in [4.69, 9.17) is 4.74 Å². The van der Waals surface area contributed by atoms with Crippen LogP contribution in [0.5, 0.6) is 11.5 Å². The van der Waals surface area contributed by atoms with Crippen molar-refractivity contribution in [1.29, 1.82) is 0 Å². The van der Waals surface area contributed by atoms with Crippen molar-refractivity contribution in [2.75, 3.05) is 0 Å². The van der Waals surface area contributed by atoms with Gasteiger partial charge in [0, 0.05) is 11.1 Å². The first-order valence-corrected chi connectivity index (χ1v) is 10.4. The fourth-order valence-electron chi connectivity index (χ4n) is 5.62. The van der Waals surface area contributed by atoms with E-state index in [0.717, 1.165) is 11.5 Å². The molecule has 0 N–H and O–H groups in total. The highest BCUT2D eigenvalue weighted by Gasteiger charge is 2.51. The number of hydrogen-bond acceptors (Lipinski definition) is 1. The first kappa shape index (κ1) is 16.0. The molecule has 1 aliphatic carbocycles. The number of ether oxygens (including phenoxy) is 1. The number of para-hydroxylation sites is 2. The van der Waals surface area contributed by atoms with Crippen LogP contribution in [0.1, 0.15) is 22.3 Å². The molecule has 1 heterocycles. The van der Waals surface area contributed by atoms with Gasteiger partial charge in [-0.25, -0.2) is 0 Å². The van der Waals surface area contributed by atoms with Crippen molar-refractivity contribution in [2.45, 2.75) is 5.41 Å². The molecule has 5 aromatic rings. The maximum absolute atomic E-state index is 6.38. The van der Waals surface area contributed by atoms with Crippen molar-refractivity contribution < 1.29 is 4.74 Å². The van der Waals surface area contributed by atoms with Gasteiger partial charge in [0.2, 0.25) is 0 Å². The zero-order valence-electron chi connectivity index (χ0n) is 16.3. The van der Waals surface area contributed by atoms with Gasteiger partial charge in [-0.2, -0.15) is 0 Å². The van der Waals surface area contributed by atoms with E-state index in [1.165, 1.54) is 44.2 Å². The van der Waals surface area contributed by atoms with E-state index < -0.39 is 0 Å². The standard InChI is InChI=1S/C29H18O/c1-2-10-20-19(9-1)17-18-25-28(20)21-11-3-4-12-22(21)29(25)23-13-5-7-15-26(23)30-27-16-8-6-14-24(27)29/h1-18H. The van der Waals surface area contributed by atoms with Crippen LogP contribution in [0, 0.1) is 0 Å². The van der Waals surface area contributed by atoms with Gasteiger partial charge in [-0.1, -0.05) is 97.1 Å². The Morgan fingerprint density at radius 3 is 1.83 bits per heavy atom. The predicted octanol–water partition coefficient (Wildman–Crippen LogP) is 7.31. The number of rotatable bonds is 0. The molecule has 1 spiro atoms. The molecule has 0 atom stereocenters. The van der Waals surface area contributed by atoms with Gasteiger partial charge >= 0.3 is 0 Å². The lowest BCUT2D eigenvalue weighted by molar-refractivity contribution is 0.436. The van der Waals surface area contributed by atoms with Gasteiger partial charge in [-0.15, -0.1) is 0 Å². The van der Waals surface area contributed by atoms with Crippen molar-refractivity contribution in [1.82, 2.24) is 0 Å². The van der Waals surface area contributed by atoms with Gasteiger partial charge in [-0.3, -0.25) is 0 Å². The van der Waals surface area contributed by atoms with Crippen LogP contribution >= 0.6 is 0 Å². The zero-order chi connectivity index (χ0) is 19.7. The third kappa shape index (κ3) is 1.79. The Balaban J connectivity index is 1.75. The second kappa shape index (κ2) is 5.61. The molecule has 2 aliphatic rings. The topological polar surface area (TPSA) is 9.23 Å². The minimum Gasteiger partial charge on any atom is -0.457 e. The highest BCUT2D eigenvalue weighted by atomic mass is 16.5. The molecule has 0 unspecified atom stereocenters. The summed E-state index contributed by atoms with van der Waals surface area (Å²) in [7, 11) is 0. The third-order valence-electron chi connectivity index (χ3n) is 6.74. The third-order valence-corrected chi connectivity index (χ3v) is 6.74. The monoisotopic (exact) mass is 382 g/mol. The van der Waals surface area contributed by atoms with Crippen molar-refractivity contribution in [2.24, 2.45) is 0 Å². The minimum absolute atomic E-state index is 0.374. The molecule has 1 aliphatic heterocycles. The maximum Gasteiger partial charge on any atom is 0.132 e. The highest BCUT2D eigenvalue weighted by Crippen LogP contribution is 2.62. The molecular weight excluding hydrogens is 364 g/mol. The van der Waals surface area contributed by atoms with E-state index in [2.05, 4.69) is 109 Å². The lowest BCUT2D eigenvalue weighted by Gasteiger charge is -2.39. The number of benzene rings is 5. The van der Waals surface area contributed by atoms with E-state index in [-0.39, 0.29) is 5.41 Å². The van der Waals surface area contributed by atoms with Crippen molar-refractivity contribution in [3.63, 3.8) is 0 Å². The summed E-state index contributed by atoms with van der Waals surface area (Å²) in [5.41, 5.74) is 7.38. The van der Waals surface area contributed by atoms with E-state index in [0.29, 0.717) is 0 Å². The first-order valence-electron chi connectivity index (χ1n) is 10.4. The van der Waals surface area contributed by atoms with Crippen LogP contribution in [-0.4, -0.2) is 0 Å². The number of hydrogen-bond donors (Lipinski definition) is 0. The van der Waals surface area contributed by atoms with Crippen LogP contribution in [0.15, 0.2) is 109 Å². The fourth-order valence-corrected chi connectivity index (χ4v) is 5.62. The Labute approximate surface area is 175 Å². The first-order chi connectivity index (χ1) is 14.9. The molecule has 0 saturated heterocycles. The quantitative estimate of drug-likeness (QED) is 0.267. The van der Waals surface area contributed by atoms with Crippen LogP contribution in [0.2, 0.25) is 0 Å². The molecule has 0 bridgehead atoms. The van der Waals surface area contributed by atoms with Crippen LogP contribution in [0.3, 0.4) is 0 Å². The van der Waals surface area contributed by atoms with E-state index >= 15 is 0 Å². The number of fused-ring (bicyclic) bond motifs is 11. The van der Waals surface area contributed by atoms with E-state index in [9.17, 15) is 0 Å². The summed E-state index contributed by atoms with van der Waals surface area (Å²) < 4.78 is 6.38. The summed E-state index contributed by atoms with van der Waals surface area (Å²) in [5, 5.41) is 2.58. The average molecular weight is 382 g/mol. The molecule has 1 nitrogen and oxygen atoms in total. The molecule has 140 valence electrons. The van der Waals surface area contributed by atoms with Crippen LogP contribution < -0.4 is 4.74 Å². The summed E-state index contributed by atoms with van der Waals surface area (Å²) in [6, 6.07) is 39.2. The summed E-state index contributed by atoms with van der Waals surface area (Å²) in [6.07, 6.45) is 0. The Hall–Kier alpha value is -3.84. The molecule has 30 heavy (non-hydrogen) atoms. The SMILES string of the molecule is c1ccc2c(c1)Oc1ccccc1C21c2ccccc2-c2c1ccc1ccccc21. The Kier molecular flexibility index (Phi) is 2.99. The van der Waals surface area contributed by atoms with Gasteiger partial charge in [-0.05, 0) is 45.2 Å². The summed E-state index contributed by atoms with van der Waals surface area (Å²) in [6.45, 7) is 0. The lowest BCUT2D eigenvalue weighted by Crippen LogP contribution is -2.32. The largest absolute Gasteiger partial charge is 0.457 e. The highest BCUT2D eigenvalue weighted by molar-refractivity contribution is 6.04. The van der Waals surface area contributed by atoms with Crippen molar-refractivity contribution in [3.8, 4) is 22.6 Å². The van der Waals surface area contributed by atoms with Crippen LogP contribution in [-0.2, 0) is 5.41 Å². The fraction of sp³-hybridized carbons (Fsp3) is 0.0345. The smallest absolute Gasteiger partial charge is 0.132 e. The average Bonchev–Trinajstić information content (AvgIpc) is 3.11. The van der Waals surface area contributed by atoms with Crippen molar-refractivity contribution in [3.05, 3.63) is 131 Å². The molecular formula is C29H18O. The Morgan fingerprint density at radius 1 is 0.467 bits per heavy atom. The summed E-state index contributed by atoms with van der Waals surface area (Å²) in [4.78, 5) is 0. The maximum atomic E-state index is 6.38. The summed E-state index contributed by atoms with van der Waals surface area (Å²) >= 11 is 0. The molecule has 0 aromatic heterocycles. The molecule has 5 aromatic carbocycles. The predicted molar refractivity (Wildman–Crippen MR) is 121 cm³/mol. The van der Waals surface area contributed by atoms with Gasteiger partial charge in [0.15, 0.2) is 0 Å². The van der Waals surface area contributed by atoms with E-state index in [1.54, 1.807) is 0 Å². The Bertz CT molecular complexity index is 1430. The minimum atomic E-state index is -0.374. The molecule has 0 radical (unpaired) electrons. The summed E-state index contributed by atoms with van der Waals surface area (Å²) in [5.74, 6) is 1.87. The Morgan fingerprint density at radius 2 is 1.07 bits per heavy atom. The second-order valence-electron chi connectivity index (χ2n) is 8.10. The second-order valence-corrected chi connectivity index (χ2v) is 8.10. The van der Waals surface area contributed by atoms with Crippen LogP contribution in [0.25, 0.3) is 21.9 Å². The van der Waals surface area contributed by atoms with Gasteiger partial charge in [0.05, 0.1) is 5.41 Å². The van der Waals surface area contributed by atoms with Gasteiger partial charge in [0.1, 0.15) is 11.5 Å². The van der Waals surface area contributed by atoms with Gasteiger partial charge in [0.25, 0.3) is 0 Å². The zero-order valence-corrected chi connectivity index (χ0v) is 16.3. The van der Waals surface area contributed by atoms with E-state index in [1.807, 2.05) is 0 Å².